The van der Waals surface area contributed by atoms with Gasteiger partial charge in [0.1, 0.15) is 29.1 Å². The third-order valence-electron chi connectivity index (χ3n) is 5.67. The second-order valence-electron chi connectivity index (χ2n) is 8.97. The average Bonchev–Trinajstić information content (AvgIpc) is 3.26. The van der Waals surface area contributed by atoms with Crippen LogP contribution >= 0.6 is 0 Å². The van der Waals surface area contributed by atoms with Crippen LogP contribution in [0.3, 0.4) is 0 Å². The summed E-state index contributed by atoms with van der Waals surface area (Å²) in [5.41, 5.74) is 2.03. The van der Waals surface area contributed by atoms with E-state index in [2.05, 4.69) is 20.6 Å². The lowest BCUT2D eigenvalue weighted by atomic mass is 10.2. The predicted molar refractivity (Wildman–Crippen MR) is 141 cm³/mol. The zero-order valence-electron chi connectivity index (χ0n) is 21.1. The lowest BCUT2D eigenvalue weighted by Gasteiger charge is -2.14. The number of aryl methyl sites for hydroxylation is 2. The van der Waals surface area contributed by atoms with Gasteiger partial charge in [0, 0.05) is 31.2 Å². The summed E-state index contributed by atoms with van der Waals surface area (Å²) in [5, 5.41) is 5.85. The zero-order valence-corrected chi connectivity index (χ0v) is 21.9. The molecule has 0 aliphatic heterocycles. The van der Waals surface area contributed by atoms with Crippen molar-refractivity contribution in [3.05, 3.63) is 72.2 Å². The quantitative estimate of drug-likeness (QED) is 0.266. The molecule has 0 bridgehead atoms. The molecular formula is C26H26F3N5O4S. The summed E-state index contributed by atoms with van der Waals surface area (Å²) >= 11 is 0. The van der Waals surface area contributed by atoms with Gasteiger partial charge in [-0.3, -0.25) is 4.79 Å². The van der Waals surface area contributed by atoms with Gasteiger partial charge in [-0.2, -0.15) is 13.2 Å². The number of carbonyl (C=O) groups excluding carboxylic acids is 1. The monoisotopic (exact) mass is 561 g/mol. The number of aromatic nitrogens is 3. The molecule has 0 atom stereocenters. The molecule has 39 heavy (non-hydrogen) atoms. The molecule has 13 heteroatoms. The number of nitrogens with one attached hydrogen (secondary N) is 2. The van der Waals surface area contributed by atoms with Crippen molar-refractivity contribution < 1.29 is 31.1 Å². The van der Waals surface area contributed by atoms with Crippen LogP contribution < -0.4 is 15.4 Å². The Bertz CT molecular complexity index is 1600. The van der Waals surface area contributed by atoms with E-state index >= 15 is 0 Å². The van der Waals surface area contributed by atoms with Gasteiger partial charge in [-0.25, -0.2) is 18.4 Å². The number of rotatable bonds is 10. The van der Waals surface area contributed by atoms with Crippen LogP contribution in [0.15, 0.2) is 61.1 Å². The second kappa shape index (κ2) is 11.3. The van der Waals surface area contributed by atoms with Crippen LogP contribution in [-0.2, 0) is 27.4 Å². The van der Waals surface area contributed by atoms with Gasteiger partial charge in [-0.15, -0.1) is 0 Å². The summed E-state index contributed by atoms with van der Waals surface area (Å²) in [6.45, 7) is 2.61. The number of fused-ring (bicyclic) bond motifs is 1. The van der Waals surface area contributed by atoms with Crippen LogP contribution in [0.1, 0.15) is 17.5 Å². The van der Waals surface area contributed by atoms with E-state index in [0.717, 1.165) is 23.9 Å². The van der Waals surface area contributed by atoms with Crippen molar-refractivity contribution in [2.45, 2.75) is 26.1 Å². The van der Waals surface area contributed by atoms with Gasteiger partial charge in [-0.05, 0) is 61.4 Å². The lowest BCUT2D eigenvalue weighted by molar-refractivity contribution is -0.137. The van der Waals surface area contributed by atoms with Gasteiger partial charge in [0.25, 0.3) is 0 Å². The van der Waals surface area contributed by atoms with Crippen LogP contribution in [0, 0.1) is 6.92 Å². The van der Waals surface area contributed by atoms with Crippen LogP contribution in [0.2, 0.25) is 0 Å². The smallest absolute Gasteiger partial charge is 0.416 e. The number of nitrogens with zero attached hydrogens (tertiary/aromatic N) is 3. The fourth-order valence-electron chi connectivity index (χ4n) is 3.92. The first-order valence-electron chi connectivity index (χ1n) is 11.9. The Kier molecular flexibility index (Phi) is 8.09. The summed E-state index contributed by atoms with van der Waals surface area (Å²) in [5.74, 6) is -0.0659. The van der Waals surface area contributed by atoms with Crippen LogP contribution in [0.25, 0.3) is 11.0 Å². The van der Waals surface area contributed by atoms with Crippen molar-refractivity contribution in [1.29, 1.82) is 0 Å². The molecule has 0 aliphatic rings. The van der Waals surface area contributed by atoms with Crippen molar-refractivity contribution >= 4 is 38.3 Å². The summed E-state index contributed by atoms with van der Waals surface area (Å²) in [6.07, 6.45) is 0.368. The Balaban J connectivity index is 1.45. The lowest BCUT2D eigenvalue weighted by Crippen LogP contribution is -2.31. The Labute approximate surface area is 223 Å². The number of amides is 1. The molecule has 9 nitrogen and oxygen atoms in total. The molecule has 2 aromatic carbocycles. The fraction of sp³-hybridized carbons (Fsp3) is 0.269. The number of benzene rings is 2. The molecule has 2 heterocycles. The third kappa shape index (κ3) is 7.47. The van der Waals surface area contributed by atoms with Gasteiger partial charge in [-0.1, -0.05) is 6.07 Å². The first kappa shape index (κ1) is 27.9. The highest BCUT2D eigenvalue weighted by molar-refractivity contribution is 7.91. The van der Waals surface area contributed by atoms with E-state index in [1.54, 1.807) is 25.1 Å². The Morgan fingerprint density at radius 3 is 2.62 bits per heavy atom. The maximum atomic E-state index is 13.0. The van der Waals surface area contributed by atoms with Crippen molar-refractivity contribution in [1.82, 2.24) is 19.9 Å². The van der Waals surface area contributed by atoms with Crippen LogP contribution in [-0.4, -0.2) is 47.4 Å². The molecular weight excluding hydrogens is 535 g/mol. The van der Waals surface area contributed by atoms with Gasteiger partial charge >= 0.3 is 6.18 Å². The van der Waals surface area contributed by atoms with E-state index in [1.165, 1.54) is 18.5 Å². The summed E-state index contributed by atoms with van der Waals surface area (Å²) in [7, 11) is -3.39. The van der Waals surface area contributed by atoms with Crippen LogP contribution in [0.4, 0.5) is 24.7 Å². The molecule has 2 N–H and O–H groups in total. The normalized spacial score (nSPS) is 11.9. The summed E-state index contributed by atoms with van der Waals surface area (Å²) < 4.78 is 69.2. The maximum Gasteiger partial charge on any atom is 0.416 e. The predicted octanol–water partition coefficient (Wildman–Crippen LogP) is 4.85. The molecule has 0 spiro atoms. The number of ether oxygens (including phenoxy) is 1. The van der Waals surface area contributed by atoms with Gasteiger partial charge in [0.15, 0.2) is 15.7 Å². The zero-order chi connectivity index (χ0) is 28.2. The van der Waals surface area contributed by atoms with Crippen molar-refractivity contribution in [2.24, 2.45) is 0 Å². The van der Waals surface area contributed by atoms with E-state index in [9.17, 15) is 26.4 Å². The molecule has 4 rings (SSSR count). The van der Waals surface area contributed by atoms with Crippen molar-refractivity contribution in [3.63, 3.8) is 0 Å². The highest BCUT2D eigenvalue weighted by Gasteiger charge is 2.30. The minimum atomic E-state index is -4.46. The van der Waals surface area contributed by atoms with Crippen molar-refractivity contribution in [2.75, 3.05) is 23.9 Å². The minimum Gasteiger partial charge on any atom is -0.457 e. The largest absolute Gasteiger partial charge is 0.457 e. The molecule has 0 unspecified atom stereocenters. The fourth-order valence-corrected chi connectivity index (χ4v) is 4.50. The minimum absolute atomic E-state index is 0.0801. The highest BCUT2D eigenvalue weighted by Crippen LogP contribution is 2.34. The number of alkyl halides is 3. The summed E-state index contributed by atoms with van der Waals surface area (Å²) in [4.78, 5) is 20.4. The second-order valence-corrected chi connectivity index (χ2v) is 11.1. The topological polar surface area (TPSA) is 115 Å². The first-order chi connectivity index (χ1) is 18.4. The van der Waals surface area contributed by atoms with E-state index in [-0.39, 0.29) is 5.75 Å². The molecule has 0 aliphatic carbocycles. The first-order valence-corrected chi connectivity index (χ1v) is 13.9. The van der Waals surface area contributed by atoms with Gasteiger partial charge in [0.05, 0.1) is 11.1 Å². The SMILES string of the molecule is Cc1cc(Nc2ncnc3ccn(CCCNC(=O)CS(C)(=O)=O)c23)ccc1Oc1cccc(C(F)(F)F)c1. The molecule has 206 valence electrons. The van der Waals surface area contributed by atoms with E-state index < -0.39 is 33.2 Å². The highest BCUT2D eigenvalue weighted by atomic mass is 32.2. The standard InChI is InChI=1S/C26H26F3N5O4S/c1-17-13-19(7-8-22(17)38-20-6-3-5-18(14-20)26(27,28)29)33-25-24-21(31-16-32-25)9-12-34(24)11-4-10-30-23(35)15-39(2,36)37/h3,5-9,12-14,16H,4,10-11,15H2,1-2H3,(H,30,35)(H,31,32,33). The van der Waals surface area contributed by atoms with E-state index in [1.807, 2.05) is 16.8 Å². The molecule has 0 saturated heterocycles. The average molecular weight is 562 g/mol. The summed E-state index contributed by atoms with van der Waals surface area (Å²) in [6, 6.07) is 11.7. The number of carbonyl (C=O) groups is 1. The van der Waals surface area contributed by atoms with E-state index in [4.69, 9.17) is 4.74 Å². The molecule has 2 aromatic heterocycles. The third-order valence-corrected chi connectivity index (χ3v) is 6.45. The molecule has 0 saturated carbocycles. The Hall–Kier alpha value is -4.13. The van der Waals surface area contributed by atoms with E-state index in [0.29, 0.717) is 47.8 Å². The van der Waals surface area contributed by atoms with Crippen LogP contribution in [0.5, 0.6) is 11.5 Å². The number of hydrogen-bond donors (Lipinski definition) is 2. The maximum absolute atomic E-state index is 13.0. The number of anilines is 2. The van der Waals surface area contributed by atoms with Gasteiger partial charge < -0.3 is 19.9 Å². The molecule has 1 amide bonds. The number of hydrogen-bond acceptors (Lipinski definition) is 7. The number of halogens is 3. The van der Waals surface area contributed by atoms with Gasteiger partial charge in [0.2, 0.25) is 5.91 Å². The Morgan fingerprint density at radius 1 is 1.10 bits per heavy atom. The Morgan fingerprint density at radius 2 is 1.90 bits per heavy atom. The molecule has 0 radical (unpaired) electrons. The molecule has 4 aromatic rings. The number of sulfone groups is 1. The molecule has 0 fully saturated rings. The van der Waals surface area contributed by atoms with Crippen molar-refractivity contribution in [3.8, 4) is 11.5 Å².